The van der Waals surface area contributed by atoms with E-state index in [4.69, 9.17) is 11.0 Å². The molecule has 84 valence electrons. The summed E-state index contributed by atoms with van der Waals surface area (Å²) in [6, 6.07) is 2.04. The van der Waals surface area contributed by atoms with Gasteiger partial charge < -0.3 is 5.73 Å². The van der Waals surface area contributed by atoms with E-state index in [0.717, 1.165) is 18.0 Å². The van der Waals surface area contributed by atoms with E-state index in [9.17, 15) is 0 Å². The second-order valence-electron chi connectivity index (χ2n) is 3.89. The van der Waals surface area contributed by atoms with Gasteiger partial charge in [0.05, 0.1) is 10.9 Å². The Hall–Kier alpha value is -1.28. The average Bonchev–Trinajstić information content (AvgIpc) is 2.30. The Kier molecular flexibility index (Phi) is 3.30. The highest BCUT2D eigenvalue weighted by Crippen LogP contribution is 2.37. The van der Waals surface area contributed by atoms with E-state index in [0.29, 0.717) is 22.3 Å². The molecule has 1 atom stereocenters. The Morgan fingerprint density at radius 3 is 2.81 bits per heavy atom. The van der Waals surface area contributed by atoms with Crippen molar-refractivity contribution in [2.24, 2.45) is 0 Å². The summed E-state index contributed by atoms with van der Waals surface area (Å²) in [5.74, 6) is 2.27. The van der Waals surface area contributed by atoms with Crippen LogP contribution >= 0.6 is 11.8 Å². The van der Waals surface area contributed by atoms with Crippen molar-refractivity contribution in [2.45, 2.75) is 31.4 Å². The third kappa shape index (κ3) is 2.12. The molecule has 1 unspecified atom stereocenters. The van der Waals surface area contributed by atoms with Crippen LogP contribution in [0.5, 0.6) is 0 Å². The molecule has 0 bridgehead atoms. The van der Waals surface area contributed by atoms with Crippen LogP contribution in [-0.4, -0.2) is 15.7 Å². The monoisotopic (exact) mass is 234 g/mol. The molecule has 2 N–H and O–H groups in total. The van der Waals surface area contributed by atoms with Gasteiger partial charge in [0, 0.05) is 0 Å². The van der Waals surface area contributed by atoms with Gasteiger partial charge in [-0.3, -0.25) is 0 Å². The Morgan fingerprint density at radius 1 is 1.44 bits per heavy atom. The van der Waals surface area contributed by atoms with Crippen molar-refractivity contribution < 1.29 is 0 Å². The zero-order valence-electron chi connectivity index (χ0n) is 9.23. The number of aromatic nitrogens is 2. The SMILES string of the molecule is Cc1nc(C2CCCCS2)nc(N)c1C#N. The van der Waals surface area contributed by atoms with Gasteiger partial charge in [-0.1, -0.05) is 6.42 Å². The standard InChI is InChI=1S/C11H14N4S/c1-7-8(6-12)10(13)15-11(14-7)9-4-2-3-5-16-9/h9H,2-5H2,1H3,(H2,13,14,15). The topological polar surface area (TPSA) is 75.6 Å². The molecule has 2 rings (SSSR count). The Labute approximate surface area is 99.3 Å². The van der Waals surface area contributed by atoms with Crippen molar-refractivity contribution in [3.05, 3.63) is 17.1 Å². The van der Waals surface area contributed by atoms with E-state index in [1.807, 2.05) is 24.8 Å². The Morgan fingerprint density at radius 2 is 2.25 bits per heavy atom. The number of nitrogens with zero attached hydrogens (tertiary/aromatic N) is 3. The van der Waals surface area contributed by atoms with Crippen LogP contribution in [0.2, 0.25) is 0 Å². The molecule has 1 aliphatic rings. The van der Waals surface area contributed by atoms with E-state index in [1.165, 1.54) is 12.8 Å². The van der Waals surface area contributed by atoms with Gasteiger partial charge in [-0.05, 0) is 25.5 Å². The molecule has 0 amide bonds. The summed E-state index contributed by atoms with van der Waals surface area (Å²) >= 11 is 1.88. The van der Waals surface area contributed by atoms with Crippen LogP contribution in [0, 0.1) is 18.3 Å². The van der Waals surface area contributed by atoms with Crippen LogP contribution in [-0.2, 0) is 0 Å². The lowest BCUT2D eigenvalue weighted by atomic mass is 10.1. The summed E-state index contributed by atoms with van der Waals surface area (Å²) in [4.78, 5) is 8.65. The van der Waals surface area contributed by atoms with Crippen molar-refractivity contribution in [1.82, 2.24) is 9.97 Å². The van der Waals surface area contributed by atoms with Crippen molar-refractivity contribution in [3.63, 3.8) is 0 Å². The van der Waals surface area contributed by atoms with Crippen LogP contribution in [0.1, 0.15) is 41.6 Å². The molecule has 0 radical (unpaired) electrons. The van der Waals surface area contributed by atoms with Crippen LogP contribution in [0.15, 0.2) is 0 Å². The van der Waals surface area contributed by atoms with E-state index in [2.05, 4.69) is 9.97 Å². The molecule has 1 fully saturated rings. The van der Waals surface area contributed by atoms with E-state index in [1.54, 1.807) is 0 Å². The molecular weight excluding hydrogens is 220 g/mol. The minimum absolute atomic E-state index is 0.316. The van der Waals surface area contributed by atoms with Gasteiger partial charge in [0.15, 0.2) is 0 Å². The quantitative estimate of drug-likeness (QED) is 0.806. The highest BCUT2D eigenvalue weighted by Gasteiger charge is 2.20. The normalized spacial score (nSPS) is 20.4. The third-order valence-electron chi connectivity index (χ3n) is 2.71. The number of nitriles is 1. The molecule has 1 aromatic rings. The molecule has 16 heavy (non-hydrogen) atoms. The first-order valence-corrected chi connectivity index (χ1v) is 6.43. The first kappa shape index (κ1) is 11.2. The van der Waals surface area contributed by atoms with Crippen LogP contribution in [0.3, 0.4) is 0 Å². The summed E-state index contributed by atoms with van der Waals surface area (Å²) in [5.41, 5.74) is 6.85. The summed E-state index contributed by atoms with van der Waals surface area (Å²) in [7, 11) is 0. The molecule has 5 heteroatoms. The lowest BCUT2D eigenvalue weighted by molar-refractivity contribution is 0.660. The van der Waals surface area contributed by atoms with E-state index in [-0.39, 0.29) is 0 Å². The predicted molar refractivity (Wildman–Crippen MR) is 64.9 cm³/mol. The average molecular weight is 234 g/mol. The number of hydrogen-bond donors (Lipinski definition) is 1. The van der Waals surface area contributed by atoms with Gasteiger partial charge in [0.25, 0.3) is 0 Å². The minimum atomic E-state index is 0.316. The van der Waals surface area contributed by atoms with Crippen molar-refractivity contribution in [1.29, 1.82) is 5.26 Å². The smallest absolute Gasteiger partial charge is 0.145 e. The lowest BCUT2D eigenvalue weighted by Crippen LogP contribution is -2.10. The molecule has 1 aromatic heterocycles. The third-order valence-corrected chi connectivity index (χ3v) is 4.09. The molecule has 0 aromatic carbocycles. The fourth-order valence-electron chi connectivity index (χ4n) is 1.84. The fraction of sp³-hybridized carbons (Fsp3) is 0.545. The van der Waals surface area contributed by atoms with Crippen molar-refractivity contribution in [3.8, 4) is 6.07 Å². The zero-order chi connectivity index (χ0) is 11.5. The second-order valence-corrected chi connectivity index (χ2v) is 5.21. The minimum Gasteiger partial charge on any atom is -0.382 e. The highest BCUT2D eigenvalue weighted by molar-refractivity contribution is 7.99. The van der Waals surface area contributed by atoms with Gasteiger partial charge in [-0.15, -0.1) is 0 Å². The number of nitrogens with two attached hydrogens (primary N) is 1. The van der Waals surface area contributed by atoms with Gasteiger partial charge in [0.2, 0.25) is 0 Å². The molecule has 1 saturated heterocycles. The maximum absolute atomic E-state index is 8.89. The lowest BCUT2D eigenvalue weighted by Gasteiger charge is -2.20. The fourth-order valence-corrected chi connectivity index (χ4v) is 3.09. The number of thioether (sulfide) groups is 1. The second kappa shape index (κ2) is 4.71. The molecule has 0 saturated carbocycles. The van der Waals surface area contributed by atoms with E-state index >= 15 is 0 Å². The van der Waals surface area contributed by atoms with Gasteiger partial charge >= 0.3 is 0 Å². The molecule has 0 spiro atoms. The van der Waals surface area contributed by atoms with E-state index < -0.39 is 0 Å². The maximum Gasteiger partial charge on any atom is 0.145 e. The van der Waals surface area contributed by atoms with Crippen LogP contribution < -0.4 is 5.73 Å². The highest BCUT2D eigenvalue weighted by atomic mass is 32.2. The summed E-state index contributed by atoms with van der Waals surface area (Å²) in [6.45, 7) is 1.81. The molecule has 4 nitrogen and oxygen atoms in total. The van der Waals surface area contributed by atoms with Crippen molar-refractivity contribution >= 4 is 17.6 Å². The van der Waals surface area contributed by atoms with Crippen molar-refractivity contribution in [2.75, 3.05) is 11.5 Å². The maximum atomic E-state index is 8.89. The molecule has 1 aliphatic heterocycles. The molecular formula is C11H14N4S. The molecule has 0 aliphatic carbocycles. The van der Waals surface area contributed by atoms with Crippen LogP contribution in [0.4, 0.5) is 5.82 Å². The molecule has 2 heterocycles. The first-order valence-electron chi connectivity index (χ1n) is 5.38. The summed E-state index contributed by atoms with van der Waals surface area (Å²) in [6.07, 6.45) is 3.60. The van der Waals surface area contributed by atoms with Gasteiger partial charge in [0.1, 0.15) is 23.3 Å². The zero-order valence-corrected chi connectivity index (χ0v) is 10.0. The van der Waals surface area contributed by atoms with Gasteiger partial charge in [-0.2, -0.15) is 17.0 Å². The number of hydrogen-bond acceptors (Lipinski definition) is 5. The Balaban J connectivity index is 2.32. The predicted octanol–water partition coefficient (Wildman–Crippen LogP) is 2.20. The number of nitrogen functional groups attached to an aromatic ring is 1. The first-order chi connectivity index (χ1) is 7.72. The largest absolute Gasteiger partial charge is 0.382 e. The number of anilines is 1. The summed E-state index contributed by atoms with van der Waals surface area (Å²) < 4.78 is 0. The van der Waals surface area contributed by atoms with Gasteiger partial charge in [-0.25, -0.2) is 9.97 Å². The number of rotatable bonds is 1. The summed E-state index contributed by atoms with van der Waals surface area (Å²) in [5, 5.41) is 9.23. The number of aryl methyl sites for hydroxylation is 1. The van der Waals surface area contributed by atoms with Crippen LogP contribution in [0.25, 0.3) is 0 Å². The Bertz CT molecular complexity index is 409.